The third-order valence-corrected chi connectivity index (χ3v) is 4.13. The van der Waals surface area contributed by atoms with E-state index in [-0.39, 0.29) is 18.3 Å². The molecule has 5 nitrogen and oxygen atoms in total. The van der Waals surface area contributed by atoms with Crippen LogP contribution in [0.2, 0.25) is 5.02 Å². The number of carbonyl (C=O) groups excluding carboxylic acids is 2. The Kier molecular flexibility index (Phi) is 7.45. The number of ether oxygens (including phenoxy) is 1. The number of carbonyl (C=O) groups is 2. The van der Waals surface area contributed by atoms with Crippen molar-refractivity contribution in [3.8, 4) is 5.75 Å². The lowest BCUT2D eigenvalue weighted by Crippen LogP contribution is -2.44. The smallest absolute Gasteiger partial charge is 0.276 e. The minimum atomic E-state index is -0.439. The Bertz CT molecular complexity index is 665. The van der Waals surface area contributed by atoms with Crippen LogP contribution in [-0.4, -0.2) is 24.2 Å². The van der Waals surface area contributed by atoms with Crippen LogP contribution < -0.4 is 15.6 Å². The molecule has 0 fully saturated rings. The van der Waals surface area contributed by atoms with Gasteiger partial charge < -0.3 is 4.74 Å². The van der Waals surface area contributed by atoms with Crippen molar-refractivity contribution in [2.75, 3.05) is 12.4 Å². The quantitative estimate of drug-likeness (QED) is 0.741. The van der Waals surface area contributed by atoms with E-state index in [2.05, 4.69) is 10.9 Å². The molecule has 0 aliphatic heterocycles. The lowest BCUT2D eigenvalue weighted by molar-refractivity contribution is -0.128. The molecule has 126 valence electrons. The number of amides is 2. The normalized spacial score (nSPS) is 10.0. The number of halogens is 1. The van der Waals surface area contributed by atoms with Crippen molar-refractivity contribution in [2.45, 2.75) is 5.75 Å². The Balaban J connectivity index is 1.59. The molecule has 2 N–H and O–H groups in total. The van der Waals surface area contributed by atoms with Crippen LogP contribution in [-0.2, 0) is 15.3 Å². The number of thioether (sulfide) groups is 1. The highest BCUT2D eigenvalue weighted by Crippen LogP contribution is 2.15. The molecule has 7 heteroatoms. The summed E-state index contributed by atoms with van der Waals surface area (Å²) in [5, 5.41) is 0.590. The lowest BCUT2D eigenvalue weighted by Gasteiger charge is -2.09. The van der Waals surface area contributed by atoms with Crippen LogP contribution >= 0.6 is 23.4 Å². The minimum Gasteiger partial charge on any atom is -0.484 e. The SMILES string of the molecule is O=C(COc1ccc(Cl)cc1)NNC(=O)CSCc1ccccc1. The monoisotopic (exact) mass is 364 g/mol. The molecule has 0 spiro atoms. The topological polar surface area (TPSA) is 67.4 Å². The molecule has 0 aliphatic carbocycles. The molecule has 0 unspecified atom stereocenters. The first-order valence-corrected chi connectivity index (χ1v) is 8.74. The Morgan fingerprint density at radius 2 is 1.62 bits per heavy atom. The summed E-state index contributed by atoms with van der Waals surface area (Å²) in [6.07, 6.45) is 0. The number of benzene rings is 2. The van der Waals surface area contributed by atoms with Crippen molar-refractivity contribution in [3.63, 3.8) is 0 Å². The van der Waals surface area contributed by atoms with E-state index in [0.29, 0.717) is 10.8 Å². The van der Waals surface area contributed by atoms with Gasteiger partial charge in [0, 0.05) is 10.8 Å². The highest BCUT2D eigenvalue weighted by molar-refractivity contribution is 7.99. The first-order chi connectivity index (χ1) is 11.6. The third kappa shape index (κ3) is 6.93. The molecule has 0 heterocycles. The van der Waals surface area contributed by atoms with Crippen LogP contribution in [0.1, 0.15) is 5.56 Å². The molecule has 0 radical (unpaired) electrons. The van der Waals surface area contributed by atoms with Crippen molar-refractivity contribution in [1.82, 2.24) is 10.9 Å². The molecular weight excluding hydrogens is 348 g/mol. The van der Waals surface area contributed by atoms with Crippen LogP contribution in [0.4, 0.5) is 0 Å². The molecule has 2 amide bonds. The fraction of sp³-hybridized carbons (Fsp3) is 0.176. The van der Waals surface area contributed by atoms with Gasteiger partial charge in [0.2, 0.25) is 5.91 Å². The van der Waals surface area contributed by atoms with Gasteiger partial charge in [0.1, 0.15) is 5.75 Å². The molecule has 24 heavy (non-hydrogen) atoms. The van der Waals surface area contributed by atoms with E-state index in [0.717, 1.165) is 11.3 Å². The van der Waals surface area contributed by atoms with Gasteiger partial charge in [-0.3, -0.25) is 20.4 Å². The van der Waals surface area contributed by atoms with Crippen LogP contribution in [0.3, 0.4) is 0 Å². The zero-order chi connectivity index (χ0) is 17.2. The van der Waals surface area contributed by atoms with Crippen molar-refractivity contribution in [3.05, 3.63) is 65.2 Å². The molecule has 0 atom stereocenters. The molecular formula is C17H17ClN2O3S. The van der Waals surface area contributed by atoms with Gasteiger partial charge in [-0.25, -0.2) is 0 Å². The van der Waals surface area contributed by atoms with E-state index in [4.69, 9.17) is 16.3 Å². The van der Waals surface area contributed by atoms with Crippen molar-refractivity contribution < 1.29 is 14.3 Å². The molecule has 0 aliphatic rings. The van der Waals surface area contributed by atoms with Gasteiger partial charge in [0.05, 0.1) is 5.75 Å². The lowest BCUT2D eigenvalue weighted by atomic mass is 10.2. The van der Waals surface area contributed by atoms with E-state index >= 15 is 0 Å². The highest BCUT2D eigenvalue weighted by atomic mass is 35.5. The van der Waals surface area contributed by atoms with Crippen LogP contribution in [0, 0.1) is 0 Å². The largest absolute Gasteiger partial charge is 0.484 e. The second-order valence-corrected chi connectivity index (χ2v) is 6.24. The maximum atomic E-state index is 11.6. The maximum absolute atomic E-state index is 11.6. The summed E-state index contributed by atoms with van der Waals surface area (Å²) < 4.78 is 5.27. The average molecular weight is 365 g/mol. The summed E-state index contributed by atoms with van der Waals surface area (Å²) in [7, 11) is 0. The molecule has 2 rings (SSSR count). The number of hydrazine groups is 1. The van der Waals surface area contributed by atoms with Crippen LogP contribution in [0.5, 0.6) is 5.75 Å². The zero-order valence-corrected chi connectivity index (χ0v) is 14.4. The first-order valence-electron chi connectivity index (χ1n) is 7.21. The van der Waals surface area contributed by atoms with Crippen molar-refractivity contribution in [2.24, 2.45) is 0 Å². The van der Waals surface area contributed by atoms with E-state index in [1.807, 2.05) is 30.3 Å². The summed E-state index contributed by atoms with van der Waals surface area (Å²) in [6, 6.07) is 16.5. The summed E-state index contributed by atoms with van der Waals surface area (Å²) in [5.74, 6) is 0.816. The van der Waals surface area contributed by atoms with E-state index in [1.54, 1.807) is 24.3 Å². The molecule has 0 saturated carbocycles. The molecule has 0 saturated heterocycles. The average Bonchev–Trinajstić information content (AvgIpc) is 2.60. The Hall–Kier alpha value is -2.18. The Morgan fingerprint density at radius 1 is 0.958 bits per heavy atom. The van der Waals surface area contributed by atoms with E-state index in [9.17, 15) is 9.59 Å². The first kappa shape index (κ1) is 18.2. The Morgan fingerprint density at radius 3 is 2.33 bits per heavy atom. The van der Waals surface area contributed by atoms with Gasteiger partial charge in [-0.05, 0) is 29.8 Å². The van der Waals surface area contributed by atoms with Gasteiger partial charge in [-0.2, -0.15) is 0 Å². The number of rotatable bonds is 7. The second-order valence-electron chi connectivity index (χ2n) is 4.82. The summed E-state index contributed by atoms with van der Waals surface area (Å²) >= 11 is 7.23. The third-order valence-electron chi connectivity index (χ3n) is 2.87. The second kappa shape index (κ2) is 9.85. The van der Waals surface area contributed by atoms with Crippen molar-refractivity contribution in [1.29, 1.82) is 0 Å². The summed E-state index contributed by atoms with van der Waals surface area (Å²) in [6.45, 7) is -0.195. The number of hydrogen-bond donors (Lipinski definition) is 2. The predicted molar refractivity (Wildman–Crippen MR) is 95.8 cm³/mol. The summed E-state index contributed by atoms with van der Waals surface area (Å²) in [5.41, 5.74) is 5.81. The molecule has 2 aromatic carbocycles. The zero-order valence-electron chi connectivity index (χ0n) is 12.8. The van der Waals surface area contributed by atoms with Crippen LogP contribution in [0.15, 0.2) is 54.6 Å². The number of hydrogen-bond acceptors (Lipinski definition) is 4. The van der Waals surface area contributed by atoms with Gasteiger partial charge in [-0.1, -0.05) is 41.9 Å². The minimum absolute atomic E-state index is 0.195. The van der Waals surface area contributed by atoms with Crippen molar-refractivity contribution >= 4 is 35.2 Å². The fourth-order valence-corrected chi connectivity index (χ4v) is 2.64. The fourth-order valence-electron chi connectivity index (χ4n) is 1.73. The van der Waals surface area contributed by atoms with Gasteiger partial charge in [0.25, 0.3) is 5.91 Å². The summed E-state index contributed by atoms with van der Waals surface area (Å²) in [4.78, 5) is 23.2. The van der Waals surface area contributed by atoms with Gasteiger partial charge in [0.15, 0.2) is 6.61 Å². The maximum Gasteiger partial charge on any atom is 0.276 e. The number of nitrogens with one attached hydrogen (secondary N) is 2. The molecule has 0 aromatic heterocycles. The van der Waals surface area contributed by atoms with E-state index < -0.39 is 5.91 Å². The van der Waals surface area contributed by atoms with Gasteiger partial charge >= 0.3 is 0 Å². The molecule has 0 bridgehead atoms. The Labute approximate surface area is 149 Å². The molecule has 2 aromatic rings. The predicted octanol–water partition coefficient (Wildman–Crippen LogP) is 2.80. The van der Waals surface area contributed by atoms with E-state index in [1.165, 1.54) is 11.8 Å². The van der Waals surface area contributed by atoms with Gasteiger partial charge in [-0.15, -0.1) is 11.8 Å². The van der Waals surface area contributed by atoms with Crippen LogP contribution in [0.25, 0.3) is 0 Å². The highest BCUT2D eigenvalue weighted by Gasteiger charge is 2.06. The standard InChI is InChI=1S/C17H17ClN2O3S/c18-14-6-8-15(9-7-14)23-10-16(21)19-20-17(22)12-24-11-13-4-2-1-3-5-13/h1-9H,10-12H2,(H,19,21)(H,20,22).